The molecule has 116 valence electrons. The first kappa shape index (κ1) is 17.5. The zero-order valence-corrected chi connectivity index (χ0v) is 13.4. The number of carbonyl (C=O) groups excluding carboxylic acids is 2. The highest BCUT2D eigenvalue weighted by Crippen LogP contribution is 2.09. The smallest absolute Gasteiger partial charge is 0.251 e. The van der Waals surface area contributed by atoms with Gasteiger partial charge >= 0.3 is 0 Å². The van der Waals surface area contributed by atoms with Crippen LogP contribution in [0.3, 0.4) is 0 Å². The van der Waals surface area contributed by atoms with Crippen molar-refractivity contribution in [1.29, 1.82) is 0 Å². The Balaban J connectivity index is 2.14. The van der Waals surface area contributed by atoms with Gasteiger partial charge in [0.05, 0.1) is 0 Å². The molecule has 0 unspecified atom stereocenters. The minimum absolute atomic E-state index is 0.0383. The van der Waals surface area contributed by atoms with Crippen molar-refractivity contribution in [3.63, 3.8) is 0 Å². The summed E-state index contributed by atoms with van der Waals surface area (Å²) in [6.07, 6.45) is 2.05. The number of carbonyl (C=O) groups is 2. The van der Waals surface area contributed by atoms with E-state index in [-0.39, 0.29) is 11.8 Å². The third-order valence-corrected chi connectivity index (χ3v) is 3.27. The molecule has 0 saturated heterocycles. The van der Waals surface area contributed by atoms with Gasteiger partial charge in [0, 0.05) is 30.1 Å². The number of hydrogen-bond donors (Lipinski definition) is 2. The van der Waals surface area contributed by atoms with Gasteiger partial charge in [-0.1, -0.05) is 25.4 Å². The predicted octanol–water partition coefficient (Wildman–Crippen LogP) is 3.01. The number of rotatable bonds is 8. The Kier molecular flexibility index (Phi) is 7.83. The topological polar surface area (TPSA) is 58.2 Å². The van der Waals surface area contributed by atoms with Gasteiger partial charge in [-0.3, -0.25) is 9.59 Å². The standard InChI is InChI=1S/C16H23ClN2O2/c1-12(2)9-11-18-15(20)4-3-10-19-16(21)13-5-7-14(17)8-6-13/h5-8,12H,3-4,9-11H2,1-2H3,(H,18,20)(H,19,21). The molecule has 1 rings (SSSR count). The van der Waals surface area contributed by atoms with Crippen LogP contribution in [0, 0.1) is 5.92 Å². The molecule has 0 bridgehead atoms. The van der Waals surface area contributed by atoms with Crippen LogP contribution in [0.25, 0.3) is 0 Å². The van der Waals surface area contributed by atoms with Crippen molar-refractivity contribution < 1.29 is 9.59 Å². The van der Waals surface area contributed by atoms with Crippen LogP contribution < -0.4 is 10.6 Å². The Labute approximate surface area is 131 Å². The van der Waals surface area contributed by atoms with Gasteiger partial charge in [-0.15, -0.1) is 0 Å². The second kappa shape index (κ2) is 9.40. The van der Waals surface area contributed by atoms with E-state index < -0.39 is 0 Å². The molecule has 0 saturated carbocycles. The average Bonchev–Trinajstić information content (AvgIpc) is 2.43. The summed E-state index contributed by atoms with van der Waals surface area (Å²) in [7, 11) is 0. The van der Waals surface area contributed by atoms with Crippen molar-refractivity contribution in [2.75, 3.05) is 13.1 Å². The van der Waals surface area contributed by atoms with Crippen LogP contribution in [0.5, 0.6) is 0 Å². The largest absolute Gasteiger partial charge is 0.356 e. The summed E-state index contributed by atoms with van der Waals surface area (Å²) in [5, 5.41) is 6.26. The van der Waals surface area contributed by atoms with Crippen LogP contribution in [-0.4, -0.2) is 24.9 Å². The Morgan fingerprint density at radius 3 is 2.38 bits per heavy atom. The fraction of sp³-hybridized carbons (Fsp3) is 0.500. The molecule has 4 nitrogen and oxygen atoms in total. The van der Waals surface area contributed by atoms with Gasteiger partial charge in [0.15, 0.2) is 0 Å². The summed E-state index contributed by atoms with van der Waals surface area (Å²) >= 11 is 5.76. The van der Waals surface area contributed by atoms with E-state index in [0.29, 0.717) is 42.4 Å². The first-order valence-electron chi connectivity index (χ1n) is 7.29. The van der Waals surface area contributed by atoms with Gasteiger partial charge in [-0.25, -0.2) is 0 Å². The van der Waals surface area contributed by atoms with Crippen molar-refractivity contribution >= 4 is 23.4 Å². The summed E-state index contributed by atoms with van der Waals surface area (Å²) < 4.78 is 0. The van der Waals surface area contributed by atoms with Crippen molar-refractivity contribution in [3.8, 4) is 0 Å². The molecule has 1 aromatic rings. The van der Waals surface area contributed by atoms with E-state index >= 15 is 0 Å². The third kappa shape index (κ3) is 7.71. The maximum absolute atomic E-state index is 11.8. The second-order valence-corrected chi connectivity index (χ2v) is 5.84. The van der Waals surface area contributed by atoms with Gasteiger partial charge in [0.2, 0.25) is 5.91 Å². The minimum Gasteiger partial charge on any atom is -0.356 e. The molecule has 0 aliphatic carbocycles. The molecule has 0 spiro atoms. The normalized spacial score (nSPS) is 10.5. The average molecular weight is 311 g/mol. The predicted molar refractivity (Wildman–Crippen MR) is 85.5 cm³/mol. The quantitative estimate of drug-likeness (QED) is 0.725. The maximum Gasteiger partial charge on any atom is 0.251 e. The molecule has 0 atom stereocenters. The Bertz CT molecular complexity index is 458. The van der Waals surface area contributed by atoms with Crippen LogP contribution in [-0.2, 0) is 4.79 Å². The van der Waals surface area contributed by atoms with Crippen LogP contribution in [0.1, 0.15) is 43.5 Å². The van der Waals surface area contributed by atoms with Crippen molar-refractivity contribution in [3.05, 3.63) is 34.9 Å². The Hall–Kier alpha value is -1.55. The van der Waals surface area contributed by atoms with Crippen molar-refractivity contribution in [2.24, 2.45) is 5.92 Å². The van der Waals surface area contributed by atoms with E-state index in [9.17, 15) is 9.59 Å². The first-order valence-corrected chi connectivity index (χ1v) is 7.67. The molecular formula is C16H23ClN2O2. The van der Waals surface area contributed by atoms with Crippen LogP contribution in [0.15, 0.2) is 24.3 Å². The zero-order valence-electron chi connectivity index (χ0n) is 12.6. The van der Waals surface area contributed by atoms with Gasteiger partial charge < -0.3 is 10.6 Å². The van der Waals surface area contributed by atoms with E-state index in [4.69, 9.17) is 11.6 Å². The lowest BCUT2D eigenvalue weighted by Crippen LogP contribution is -2.28. The lowest BCUT2D eigenvalue weighted by Gasteiger charge is -2.08. The zero-order chi connectivity index (χ0) is 15.7. The highest BCUT2D eigenvalue weighted by atomic mass is 35.5. The van der Waals surface area contributed by atoms with Crippen LogP contribution in [0.4, 0.5) is 0 Å². The summed E-state index contributed by atoms with van der Waals surface area (Å²) in [6, 6.07) is 6.71. The SMILES string of the molecule is CC(C)CCNC(=O)CCCNC(=O)c1ccc(Cl)cc1. The highest BCUT2D eigenvalue weighted by molar-refractivity contribution is 6.30. The molecular weight excluding hydrogens is 288 g/mol. The molecule has 0 fully saturated rings. The third-order valence-electron chi connectivity index (χ3n) is 3.02. The minimum atomic E-state index is -0.146. The molecule has 0 aliphatic heterocycles. The molecule has 0 aliphatic rings. The van der Waals surface area contributed by atoms with Crippen molar-refractivity contribution in [1.82, 2.24) is 10.6 Å². The first-order chi connectivity index (χ1) is 9.99. The molecule has 5 heteroatoms. The summed E-state index contributed by atoms with van der Waals surface area (Å²) in [5.41, 5.74) is 0.570. The van der Waals surface area contributed by atoms with E-state index in [1.54, 1.807) is 24.3 Å². The van der Waals surface area contributed by atoms with E-state index in [2.05, 4.69) is 24.5 Å². The Morgan fingerprint density at radius 1 is 1.10 bits per heavy atom. The fourth-order valence-corrected chi connectivity index (χ4v) is 1.87. The molecule has 0 aromatic heterocycles. The van der Waals surface area contributed by atoms with E-state index in [1.165, 1.54) is 0 Å². The van der Waals surface area contributed by atoms with Crippen LogP contribution in [0.2, 0.25) is 5.02 Å². The van der Waals surface area contributed by atoms with Crippen molar-refractivity contribution in [2.45, 2.75) is 33.1 Å². The van der Waals surface area contributed by atoms with E-state index in [0.717, 1.165) is 6.42 Å². The van der Waals surface area contributed by atoms with Crippen LogP contribution >= 0.6 is 11.6 Å². The lowest BCUT2D eigenvalue weighted by atomic mass is 10.1. The summed E-state index contributed by atoms with van der Waals surface area (Å²) in [6.45, 7) is 5.45. The number of halogens is 1. The molecule has 21 heavy (non-hydrogen) atoms. The number of amides is 2. The van der Waals surface area contributed by atoms with Gasteiger partial charge in [-0.2, -0.15) is 0 Å². The number of nitrogens with one attached hydrogen (secondary N) is 2. The van der Waals surface area contributed by atoms with Gasteiger partial charge in [0.1, 0.15) is 0 Å². The molecule has 2 N–H and O–H groups in total. The van der Waals surface area contributed by atoms with E-state index in [1.807, 2.05) is 0 Å². The summed E-state index contributed by atoms with van der Waals surface area (Å²) in [5.74, 6) is 0.479. The lowest BCUT2D eigenvalue weighted by molar-refractivity contribution is -0.121. The maximum atomic E-state index is 11.8. The molecule has 0 heterocycles. The molecule has 2 amide bonds. The fourth-order valence-electron chi connectivity index (χ4n) is 1.74. The monoisotopic (exact) mass is 310 g/mol. The summed E-state index contributed by atoms with van der Waals surface area (Å²) in [4.78, 5) is 23.3. The molecule has 1 aromatic carbocycles. The number of benzene rings is 1. The van der Waals surface area contributed by atoms with Gasteiger partial charge in [-0.05, 0) is 43.0 Å². The molecule has 0 radical (unpaired) electrons. The highest BCUT2D eigenvalue weighted by Gasteiger charge is 2.05. The Morgan fingerprint density at radius 2 is 1.76 bits per heavy atom. The second-order valence-electron chi connectivity index (χ2n) is 5.40. The van der Waals surface area contributed by atoms with Gasteiger partial charge in [0.25, 0.3) is 5.91 Å². The number of hydrogen-bond acceptors (Lipinski definition) is 2.